The van der Waals surface area contributed by atoms with E-state index in [1.54, 1.807) is 0 Å². The van der Waals surface area contributed by atoms with Crippen molar-refractivity contribution in [3.8, 4) is 17.0 Å². The molecule has 1 amide bonds. The van der Waals surface area contributed by atoms with Gasteiger partial charge in [-0.3, -0.25) is 4.79 Å². The Morgan fingerprint density at radius 1 is 1.05 bits per heavy atom. The average Bonchev–Trinajstić information content (AvgIpc) is 3.00. The van der Waals surface area contributed by atoms with Crippen LogP contribution >= 0.6 is 0 Å². The molecule has 1 saturated heterocycles. The Balaban J connectivity index is 1.54. The van der Waals surface area contributed by atoms with Gasteiger partial charge in [-0.2, -0.15) is 13.2 Å². The van der Waals surface area contributed by atoms with Crippen LogP contribution in [0.3, 0.4) is 0 Å². The summed E-state index contributed by atoms with van der Waals surface area (Å²) in [6, 6.07) is 11.6. The number of halogens is 4. The fourth-order valence-corrected chi connectivity index (χ4v) is 6.31. The largest absolute Gasteiger partial charge is 0.481 e. The lowest BCUT2D eigenvalue weighted by Crippen LogP contribution is -2.54. The summed E-state index contributed by atoms with van der Waals surface area (Å²) >= 11 is 0. The summed E-state index contributed by atoms with van der Waals surface area (Å²) < 4.78 is 62.9. The predicted molar refractivity (Wildman–Crippen MR) is 164 cm³/mol. The van der Waals surface area contributed by atoms with Gasteiger partial charge < -0.3 is 25.6 Å². The molecule has 0 bridgehead atoms. The Kier molecular flexibility index (Phi) is 9.75. The van der Waals surface area contributed by atoms with Gasteiger partial charge in [0.2, 0.25) is 5.88 Å². The number of piperazine rings is 1. The van der Waals surface area contributed by atoms with E-state index in [1.807, 2.05) is 43.0 Å². The van der Waals surface area contributed by atoms with Gasteiger partial charge in [-0.25, -0.2) is 9.37 Å². The van der Waals surface area contributed by atoms with E-state index in [4.69, 9.17) is 4.74 Å². The van der Waals surface area contributed by atoms with Crippen molar-refractivity contribution in [1.29, 1.82) is 0 Å². The lowest BCUT2D eigenvalue weighted by atomic mass is 9.94. The zero-order valence-corrected chi connectivity index (χ0v) is 25.2. The first-order chi connectivity index (χ1) is 21.0. The second-order valence-corrected chi connectivity index (χ2v) is 11.8. The van der Waals surface area contributed by atoms with Crippen LogP contribution in [0.15, 0.2) is 48.7 Å². The highest BCUT2D eigenvalue weighted by molar-refractivity contribution is 6.07. The SMILES string of the molecule is COc1cc(C(F)(F)F)c(C(=O)Nc2cc(-c3ccccc3CNC3CCCCC3)c(F)cc2N2C[C@@H](C)N[C@@H](C)C2)cn1. The Bertz CT molecular complexity index is 1470. The minimum Gasteiger partial charge on any atom is -0.481 e. The molecule has 2 fully saturated rings. The quantitative estimate of drug-likeness (QED) is 0.243. The first kappa shape index (κ1) is 31.7. The number of carbonyl (C=O) groups is 1. The summed E-state index contributed by atoms with van der Waals surface area (Å²) in [4.78, 5) is 19.3. The van der Waals surface area contributed by atoms with Gasteiger partial charge in [0, 0.05) is 55.6 Å². The number of rotatable bonds is 8. The number of carbonyl (C=O) groups excluding carboxylic acids is 1. The monoisotopic (exact) mass is 613 g/mol. The third-order valence-electron chi connectivity index (χ3n) is 8.36. The van der Waals surface area contributed by atoms with Crippen molar-refractivity contribution in [2.24, 2.45) is 0 Å². The molecule has 0 unspecified atom stereocenters. The van der Waals surface area contributed by atoms with Gasteiger partial charge in [-0.05, 0) is 49.9 Å². The number of ether oxygens (including phenoxy) is 1. The molecule has 2 aromatic carbocycles. The zero-order chi connectivity index (χ0) is 31.4. The third-order valence-corrected chi connectivity index (χ3v) is 8.36. The highest BCUT2D eigenvalue weighted by Crippen LogP contribution is 2.38. The van der Waals surface area contributed by atoms with Gasteiger partial charge in [-0.15, -0.1) is 0 Å². The molecule has 2 atom stereocenters. The molecule has 1 aliphatic heterocycles. The Hall–Kier alpha value is -3.70. The van der Waals surface area contributed by atoms with Crippen LogP contribution < -0.4 is 25.6 Å². The van der Waals surface area contributed by atoms with Gasteiger partial charge in [0.05, 0.1) is 29.6 Å². The fraction of sp³-hybridized carbons (Fsp3) is 0.455. The van der Waals surface area contributed by atoms with E-state index in [0.29, 0.717) is 43.0 Å². The van der Waals surface area contributed by atoms with E-state index >= 15 is 4.39 Å². The van der Waals surface area contributed by atoms with E-state index in [-0.39, 0.29) is 29.2 Å². The number of methoxy groups -OCH3 is 1. The highest BCUT2D eigenvalue weighted by atomic mass is 19.4. The van der Waals surface area contributed by atoms with Crippen molar-refractivity contribution in [2.45, 2.75) is 76.8 Å². The van der Waals surface area contributed by atoms with Crippen LogP contribution in [-0.4, -0.2) is 49.2 Å². The Labute approximate surface area is 255 Å². The van der Waals surface area contributed by atoms with Crippen molar-refractivity contribution in [1.82, 2.24) is 15.6 Å². The summed E-state index contributed by atoms with van der Waals surface area (Å²) in [6.07, 6.45) is 1.83. The summed E-state index contributed by atoms with van der Waals surface area (Å²) in [5.74, 6) is -1.75. The molecule has 1 aromatic heterocycles. The number of hydrogen-bond donors (Lipinski definition) is 3. The molecule has 1 saturated carbocycles. The van der Waals surface area contributed by atoms with Crippen molar-refractivity contribution in [3.63, 3.8) is 0 Å². The number of benzene rings is 2. The highest BCUT2D eigenvalue weighted by Gasteiger charge is 2.37. The maximum atomic E-state index is 16.1. The van der Waals surface area contributed by atoms with E-state index in [2.05, 4.69) is 20.9 Å². The first-order valence-electron chi connectivity index (χ1n) is 15.1. The minimum atomic E-state index is -4.83. The molecule has 2 aliphatic rings. The second kappa shape index (κ2) is 13.5. The molecule has 0 spiro atoms. The summed E-state index contributed by atoms with van der Waals surface area (Å²) in [6.45, 7) is 5.58. The van der Waals surface area contributed by atoms with Gasteiger partial charge in [0.1, 0.15) is 5.82 Å². The molecule has 1 aliphatic carbocycles. The molecular formula is C33H39F4N5O2. The molecule has 0 radical (unpaired) electrons. The van der Waals surface area contributed by atoms with E-state index < -0.39 is 29.0 Å². The Morgan fingerprint density at radius 2 is 1.75 bits per heavy atom. The number of pyridine rings is 1. The molecule has 3 N–H and O–H groups in total. The maximum Gasteiger partial charge on any atom is 0.417 e. The van der Waals surface area contributed by atoms with Gasteiger partial charge in [-0.1, -0.05) is 43.5 Å². The minimum absolute atomic E-state index is 0.0687. The topological polar surface area (TPSA) is 78.5 Å². The molecule has 11 heteroatoms. The standard InChI is InChI=1S/C33H39F4N5O2/c1-20-18-42(19-21(2)40-20)30-15-28(34)25(24-12-8-7-9-22(24)16-38-23-10-5-4-6-11-23)13-29(30)41-32(43)26-17-39-31(44-3)14-27(26)33(35,36)37/h7-9,12-15,17,20-21,23,38,40H,4-6,10-11,16,18-19H2,1-3H3,(H,41,43)/t20-,21+. The number of amides is 1. The van der Waals surface area contributed by atoms with Crippen molar-refractivity contribution >= 4 is 17.3 Å². The van der Waals surface area contributed by atoms with Gasteiger partial charge in [0.25, 0.3) is 5.91 Å². The lowest BCUT2D eigenvalue weighted by Gasteiger charge is -2.38. The number of anilines is 2. The molecule has 236 valence electrons. The molecule has 44 heavy (non-hydrogen) atoms. The zero-order valence-electron chi connectivity index (χ0n) is 25.2. The van der Waals surface area contributed by atoms with Crippen LogP contribution in [0.2, 0.25) is 0 Å². The van der Waals surface area contributed by atoms with Crippen LogP contribution in [0, 0.1) is 5.82 Å². The summed E-state index contributed by atoms with van der Waals surface area (Å²) in [5.41, 5.74) is 0.581. The van der Waals surface area contributed by atoms with Crippen LogP contribution in [0.1, 0.15) is 67.4 Å². The predicted octanol–water partition coefficient (Wildman–Crippen LogP) is 6.78. The Morgan fingerprint density at radius 3 is 2.43 bits per heavy atom. The van der Waals surface area contributed by atoms with Gasteiger partial charge >= 0.3 is 6.18 Å². The van der Waals surface area contributed by atoms with Crippen LogP contribution in [0.4, 0.5) is 28.9 Å². The fourth-order valence-electron chi connectivity index (χ4n) is 6.31. The molecular weight excluding hydrogens is 574 g/mol. The van der Waals surface area contributed by atoms with Crippen LogP contribution in [0.25, 0.3) is 11.1 Å². The number of alkyl halides is 3. The van der Waals surface area contributed by atoms with Gasteiger partial charge in [0.15, 0.2) is 0 Å². The van der Waals surface area contributed by atoms with E-state index in [9.17, 15) is 18.0 Å². The number of aromatic nitrogens is 1. The average molecular weight is 614 g/mol. The molecule has 3 aromatic rings. The normalized spacial score (nSPS) is 19.6. The number of nitrogens with one attached hydrogen (secondary N) is 3. The first-order valence-corrected chi connectivity index (χ1v) is 15.1. The number of hydrogen-bond acceptors (Lipinski definition) is 6. The molecule has 2 heterocycles. The maximum absolute atomic E-state index is 16.1. The second-order valence-electron chi connectivity index (χ2n) is 11.8. The molecule has 7 nitrogen and oxygen atoms in total. The van der Waals surface area contributed by atoms with E-state index in [1.165, 1.54) is 38.5 Å². The smallest absolute Gasteiger partial charge is 0.417 e. The lowest BCUT2D eigenvalue weighted by molar-refractivity contribution is -0.138. The van der Waals surface area contributed by atoms with Crippen molar-refractivity contribution in [3.05, 3.63) is 71.2 Å². The number of nitrogens with zero attached hydrogens (tertiary/aromatic N) is 2. The van der Waals surface area contributed by atoms with Crippen LogP contribution in [-0.2, 0) is 12.7 Å². The van der Waals surface area contributed by atoms with Crippen LogP contribution in [0.5, 0.6) is 5.88 Å². The van der Waals surface area contributed by atoms with E-state index in [0.717, 1.165) is 24.6 Å². The summed E-state index contributed by atoms with van der Waals surface area (Å²) in [5, 5.41) is 9.71. The van der Waals surface area contributed by atoms with Crippen molar-refractivity contribution in [2.75, 3.05) is 30.4 Å². The van der Waals surface area contributed by atoms with Crippen molar-refractivity contribution < 1.29 is 27.1 Å². The third kappa shape index (κ3) is 7.32. The molecule has 5 rings (SSSR count). The summed E-state index contributed by atoms with van der Waals surface area (Å²) in [7, 11) is 1.20.